The molecule has 0 aliphatic carbocycles. The molecule has 0 radical (unpaired) electrons. The summed E-state index contributed by atoms with van der Waals surface area (Å²) in [5.41, 5.74) is 1.05. The van der Waals surface area contributed by atoms with Crippen molar-refractivity contribution in [2.24, 2.45) is 0 Å². The van der Waals surface area contributed by atoms with Gasteiger partial charge >= 0.3 is 0 Å². The van der Waals surface area contributed by atoms with Gasteiger partial charge in [0.15, 0.2) is 10.6 Å². The average Bonchev–Trinajstić information content (AvgIpc) is 3.00. The molecule has 0 atom stereocenters. The fourth-order valence-electron chi connectivity index (χ4n) is 2.44. The Balaban J connectivity index is 1.86. The van der Waals surface area contributed by atoms with Gasteiger partial charge in [-0.25, -0.2) is 0 Å². The van der Waals surface area contributed by atoms with E-state index in [0.717, 1.165) is 5.69 Å². The quantitative estimate of drug-likeness (QED) is 0.621. The summed E-state index contributed by atoms with van der Waals surface area (Å²) < 4.78 is 7.47. The maximum atomic E-state index is 12.4. The zero-order chi connectivity index (χ0) is 18.7. The van der Waals surface area contributed by atoms with Crippen molar-refractivity contribution < 1.29 is 9.53 Å². The van der Waals surface area contributed by atoms with E-state index in [0.29, 0.717) is 26.9 Å². The molecule has 3 rings (SSSR count). The number of carbonyl (C=O) groups excluding carboxylic acids is 1. The molecule has 1 amide bonds. The van der Waals surface area contributed by atoms with Crippen molar-refractivity contribution in [2.45, 2.75) is 6.54 Å². The highest BCUT2D eigenvalue weighted by Gasteiger charge is 2.15. The Kier molecular flexibility index (Phi) is 5.61. The predicted octanol–water partition coefficient (Wildman–Crippen LogP) is 4.18. The molecule has 134 valence electrons. The largest absolute Gasteiger partial charge is 0.495 e. The van der Waals surface area contributed by atoms with Gasteiger partial charge in [-0.15, -0.1) is 0 Å². The molecule has 0 aliphatic rings. The van der Waals surface area contributed by atoms with Crippen molar-refractivity contribution in [2.75, 3.05) is 7.11 Å². The number of halogens is 2. The number of aromatic amines is 1. The third kappa shape index (κ3) is 3.75. The van der Waals surface area contributed by atoms with Gasteiger partial charge in [0, 0.05) is 5.02 Å². The van der Waals surface area contributed by atoms with Crippen molar-refractivity contribution in [1.29, 1.82) is 0 Å². The number of ether oxygens (including phenoxy) is 1. The highest BCUT2D eigenvalue weighted by Crippen LogP contribution is 2.24. The van der Waals surface area contributed by atoms with Crippen LogP contribution in [0.2, 0.25) is 10.0 Å². The SMILES string of the molecule is COc1ccccc1-n1c(CNC(=O)c2ccc(Cl)cc2Cl)n[nH]c1=S. The van der Waals surface area contributed by atoms with Gasteiger partial charge in [0.25, 0.3) is 5.91 Å². The third-order valence-corrected chi connectivity index (χ3v) is 4.47. The van der Waals surface area contributed by atoms with E-state index in [1.54, 1.807) is 23.8 Å². The molecule has 3 aromatic rings. The first-order valence-corrected chi connectivity index (χ1v) is 8.70. The van der Waals surface area contributed by atoms with Crippen LogP contribution in [-0.4, -0.2) is 27.8 Å². The Morgan fingerprint density at radius 2 is 2.08 bits per heavy atom. The average molecular weight is 409 g/mol. The number of nitrogens with one attached hydrogen (secondary N) is 2. The molecule has 1 heterocycles. The first-order valence-electron chi connectivity index (χ1n) is 7.54. The van der Waals surface area contributed by atoms with Crippen molar-refractivity contribution in [3.05, 3.63) is 68.7 Å². The molecule has 0 spiro atoms. The van der Waals surface area contributed by atoms with E-state index in [1.807, 2.05) is 24.3 Å². The number of para-hydroxylation sites is 2. The van der Waals surface area contributed by atoms with Crippen LogP contribution >= 0.6 is 35.4 Å². The van der Waals surface area contributed by atoms with E-state index in [-0.39, 0.29) is 17.5 Å². The third-order valence-electron chi connectivity index (χ3n) is 3.65. The Morgan fingerprint density at radius 3 is 2.81 bits per heavy atom. The van der Waals surface area contributed by atoms with Crippen molar-refractivity contribution in [3.63, 3.8) is 0 Å². The molecule has 0 aliphatic heterocycles. The van der Waals surface area contributed by atoms with Gasteiger partial charge in [-0.3, -0.25) is 14.5 Å². The summed E-state index contributed by atoms with van der Waals surface area (Å²) in [5.74, 6) is 0.823. The minimum Gasteiger partial charge on any atom is -0.495 e. The summed E-state index contributed by atoms with van der Waals surface area (Å²) in [6, 6.07) is 12.1. The van der Waals surface area contributed by atoms with Gasteiger partial charge in [0.1, 0.15) is 5.75 Å². The lowest BCUT2D eigenvalue weighted by atomic mass is 10.2. The first-order chi connectivity index (χ1) is 12.5. The number of rotatable bonds is 5. The molecule has 0 saturated carbocycles. The topological polar surface area (TPSA) is 71.9 Å². The second-order valence-corrected chi connectivity index (χ2v) is 6.49. The molecule has 2 aromatic carbocycles. The number of aromatic nitrogens is 3. The Labute approximate surface area is 164 Å². The van der Waals surface area contributed by atoms with E-state index in [1.165, 1.54) is 6.07 Å². The molecule has 9 heteroatoms. The van der Waals surface area contributed by atoms with Crippen LogP contribution in [0.4, 0.5) is 0 Å². The maximum Gasteiger partial charge on any atom is 0.253 e. The zero-order valence-electron chi connectivity index (χ0n) is 13.6. The van der Waals surface area contributed by atoms with Crippen LogP contribution in [0.15, 0.2) is 42.5 Å². The van der Waals surface area contributed by atoms with Crippen LogP contribution in [-0.2, 0) is 6.54 Å². The van der Waals surface area contributed by atoms with Crippen LogP contribution in [0.1, 0.15) is 16.2 Å². The second kappa shape index (κ2) is 7.90. The molecule has 26 heavy (non-hydrogen) atoms. The standard InChI is InChI=1S/C17H14Cl2N4O2S/c1-25-14-5-3-2-4-13(14)23-15(21-22-17(23)26)9-20-16(24)11-7-6-10(18)8-12(11)19/h2-8H,9H2,1H3,(H,20,24)(H,22,26). The number of benzene rings is 2. The number of carbonyl (C=O) groups is 1. The fourth-order valence-corrected chi connectivity index (χ4v) is 3.18. The van der Waals surface area contributed by atoms with E-state index >= 15 is 0 Å². The van der Waals surface area contributed by atoms with Gasteiger partial charge < -0.3 is 10.1 Å². The lowest BCUT2D eigenvalue weighted by Crippen LogP contribution is -2.25. The molecular weight excluding hydrogens is 395 g/mol. The minimum absolute atomic E-state index is 0.142. The van der Waals surface area contributed by atoms with Crippen LogP contribution in [0.25, 0.3) is 5.69 Å². The molecule has 2 N–H and O–H groups in total. The number of nitrogens with zero attached hydrogens (tertiary/aromatic N) is 2. The van der Waals surface area contributed by atoms with Gasteiger partial charge in [0.05, 0.1) is 29.9 Å². The molecular formula is C17H14Cl2N4O2S. The zero-order valence-corrected chi connectivity index (χ0v) is 16.0. The smallest absolute Gasteiger partial charge is 0.253 e. The highest BCUT2D eigenvalue weighted by atomic mass is 35.5. The van der Waals surface area contributed by atoms with Crippen LogP contribution < -0.4 is 10.1 Å². The predicted molar refractivity (Wildman–Crippen MR) is 103 cm³/mol. The maximum absolute atomic E-state index is 12.4. The molecule has 0 bridgehead atoms. The Morgan fingerprint density at radius 1 is 1.31 bits per heavy atom. The van der Waals surface area contributed by atoms with Gasteiger partial charge in [-0.05, 0) is 42.5 Å². The molecule has 0 unspecified atom stereocenters. The summed E-state index contributed by atoms with van der Waals surface area (Å²) in [5, 5.41) is 10.4. The molecule has 0 saturated heterocycles. The lowest BCUT2D eigenvalue weighted by molar-refractivity contribution is 0.0950. The van der Waals surface area contributed by atoms with Gasteiger partial charge in [-0.2, -0.15) is 5.10 Å². The Hall–Kier alpha value is -2.35. The van der Waals surface area contributed by atoms with Gasteiger partial charge in [0.2, 0.25) is 0 Å². The van der Waals surface area contributed by atoms with Crippen molar-refractivity contribution in [1.82, 2.24) is 20.1 Å². The van der Waals surface area contributed by atoms with E-state index in [4.69, 9.17) is 40.2 Å². The number of hydrogen-bond donors (Lipinski definition) is 2. The van der Waals surface area contributed by atoms with Crippen LogP contribution in [0.5, 0.6) is 5.75 Å². The summed E-state index contributed by atoms with van der Waals surface area (Å²) in [6.07, 6.45) is 0. The Bertz CT molecular complexity index is 1020. The highest BCUT2D eigenvalue weighted by molar-refractivity contribution is 7.71. The summed E-state index contributed by atoms with van der Waals surface area (Å²) >= 11 is 17.2. The van der Waals surface area contributed by atoms with Gasteiger partial charge in [-0.1, -0.05) is 35.3 Å². The van der Waals surface area contributed by atoms with Crippen LogP contribution in [0, 0.1) is 4.77 Å². The van der Waals surface area contributed by atoms with E-state index in [9.17, 15) is 4.79 Å². The van der Waals surface area contributed by atoms with Crippen molar-refractivity contribution >= 4 is 41.3 Å². The normalized spacial score (nSPS) is 10.6. The monoisotopic (exact) mass is 408 g/mol. The number of H-pyrrole nitrogens is 1. The minimum atomic E-state index is -0.341. The van der Waals surface area contributed by atoms with E-state index in [2.05, 4.69) is 15.5 Å². The summed E-state index contributed by atoms with van der Waals surface area (Å²) in [6.45, 7) is 0.142. The second-order valence-electron chi connectivity index (χ2n) is 5.26. The van der Waals surface area contributed by atoms with E-state index < -0.39 is 0 Å². The lowest BCUT2D eigenvalue weighted by Gasteiger charge is -2.12. The molecule has 0 fully saturated rings. The number of methoxy groups -OCH3 is 1. The summed E-state index contributed by atoms with van der Waals surface area (Å²) in [7, 11) is 1.58. The molecule has 1 aromatic heterocycles. The number of hydrogen-bond acceptors (Lipinski definition) is 4. The first kappa shape index (κ1) is 18.4. The number of amides is 1. The summed E-state index contributed by atoms with van der Waals surface area (Å²) in [4.78, 5) is 12.4. The van der Waals surface area contributed by atoms with Crippen LogP contribution in [0.3, 0.4) is 0 Å². The fraction of sp³-hybridized carbons (Fsp3) is 0.118. The molecule has 6 nitrogen and oxygen atoms in total. The van der Waals surface area contributed by atoms with Crippen molar-refractivity contribution in [3.8, 4) is 11.4 Å².